The molecule has 1 fully saturated rings. The van der Waals surface area contributed by atoms with Crippen LogP contribution in [0.3, 0.4) is 0 Å². The number of aromatic amines is 1. The zero-order valence-corrected chi connectivity index (χ0v) is 16.0. The molecule has 1 unspecified atom stereocenters. The lowest BCUT2D eigenvalue weighted by Gasteiger charge is -2.25. The van der Waals surface area contributed by atoms with Crippen molar-refractivity contribution in [3.05, 3.63) is 51.7 Å². The Morgan fingerprint density at radius 1 is 1.42 bits per heavy atom. The Morgan fingerprint density at radius 3 is 2.73 bits per heavy atom. The molecule has 1 aliphatic carbocycles. The number of aromatic nitrogens is 3. The quantitative estimate of drug-likeness (QED) is 0.827. The van der Waals surface area contributed by atoms with Gasteiger partial charge < -0.3 is 9.47 Å². The summed E-state index contributed by atoms with van der Waals surface area (Å²) < 4.78 is 1.79. The van der Waals surface area contributed by atoms with Crippen LogP contribution < -0.4 is 5.56 Å². The van der Waals surface area contributed by atoms with Gasteiger partial charge in [0, 0.05) is 31.0 Å². The minimum Gasteiger partial charge on any atom is -0.338 e. The molecule has 0 radical (unpaired) electrons. The van der Waals surface area contributed by atoms with Crippen molar-refractivity contribution in [2.75, 3.05) is 13.6 Å². The third-order valence-electron chi connectivity index (χ3n) is 5.16. The highest BCUT2D eigenvalue weighted by atomic mass is 16.2. The first-order valence-electron chi connectivity index (χ1n) is 9.44. The molecule has 3 rings (SSSR count). The smallest absolute Gasteiger partial charge is 0.274 e. The van der Waals surface area contributed by atoms with E-state index >= 15 is 0 Å². The molecule has 2 aromatic rings. The number of H-pyrrole nitrogens is 1. The molecular weight excluding hydrogens is 328 g/mol. The fraction of sp³-hybridized carbons (Fsp3) is 0.550. The highest BCUT2D eigenvalue weighted by Gasteiger charge is 2.28. The van der Waals surface area contributed by atoms with Crippen molar-refractivity contribution < 1.29 is 4.79 Å². The lowest BCUT2D eigenvalue weighted by molar-refractivity contribution is 0.0766. The molecule has 0 saturated heterocycles. The third kappa shape index (κ3) is 3.74. The highest BCUT2D eigenvalue weighted by Crippen LogP contribution is 2.38. The van der Waals surface area contributed by atoms with E-state index in [0.717, 1.165) is 30.5 Å². The Morgan fingerprint density at radius 2 is 2.15 bits per heavy atom. The molecule has 6 heteroatoms. The number of nitrogens with zero attached hydrogens (tertiary/aromatic N) is 3. The van der Waals surface area contributed by atoms with Crippen LogP contribution >= 0.6 is 0 Å². The van der Waals surface area contributed by atoms with Gasteiger partial charge in [0.2, 0.25) is 0 Å². The van der Waals surface area contributed by atoms with Crippen LogP contribution in [0.25, 0.3) is 0 Å². The van der Waals surface area contributed by atoms with E-state index < -0.39 is 0 Å². The molecule has 26 heavy (non-hydrogen) atoms. The predicted octanol–water partition coefficient (Wildman–Crippen LogP) is 3.30. The van der Waals surface area contributed by atoms with Gasteiger partial charge in [-0.25, -0.2) is 0 Å². The summed E-state index contributed by atoms with van der Waals surface area (Å²) in [5.41, 5.74) is 2.37. The number of pyridine rings is 1. The largest absolute Gasteiger partial charge is 0.338 e. The van der Waals surface area contributed by atoms with E-state index in [9.17, 15) is 9.59 Å². The van der Waals surface area contributed by atoms with Crippen molar-refractivity contribution in [2.24, 2.45) is 0 Å². The van der Waals surface area contributed by atoms with Crippen LogP contribution in [0.5, 0.6) is 0 Å². The maximum absolute atomic E-state index is 12.8. The van der Waals surface area contributed by atoms with Gasteiger partial charge in [-0.05, 0) is 43.2 Å². The van der Waals surface area contributed by atoms with Gasteiger partial charge in [0.05, 0.1) is 6.04 Å². The Kier molecular flexibility index (Phi) is 5.30. The third-order valence-corrected chi connectivity index (χ3v) is 5.16. The summed E-state index contributed by atoms with van der Waals surface area (Å²) in [6.45, 7) is 6.63. The number of likely N-dealkylation sites (N-methyl/N-ethyl adjacent to an activating group) is 1. The summed E-state index contributed by atoms with van der Waals surface area (Å²) >= 11 is 0. The number of carbonyl (C=O) groups is 1. The molecule has 1 N–H and O–H groups in total. The van der Waals surface area contributed by atoms with Crippen LogP contribution in [-0.4, -0.2) is 39.2 Å². The molecular formula is C20H28N4O2. The zero-order chi connectivity index (χ0) is 18.8. The second-order valence-corrected chi connectivity index (χ2v) is 7.56. The van der Waals surface area contributed by atoms with Crippen LogP contribution in [0.4, 0.5) is 0 Å². The first-order valence-corrected chi connectivity index (χ1v) is 9.44. The molecule has 0 bridgehead atoms. The fourth-order valence-corrected chi connectivity index (χ4v) is 3.27. The second-order valence-electron chi connectivity index (χ2n) is 7.56. The van der Waals surface area contributed by atoms with Gasteiger partial charge in [-0.3, -0.25) is 14.7 Å². The van der Waals surface area contributed by atoms with Crippen LogP contribution in [0, 0.1) is 0 Å². The molecule has 0 spiro atoms. The van der Waals surface area contributed by atoms with Gasteiger partial charge >= 0.3 is 0 Å². The van der Waals surface area contributed by atoms with Crippen molar-refractivity contribution in [3.63, 3.8) is 0 Å². The Labute approximate surface area is 154 Å². The number of amides is 1. The van der Waals surface area contributed by atoms with E-state index in [1.165, 1.54) is 0 Å². The Bertz CT molecular complexity index is 832. The summed E-state index contributed by atoms with van der Waals surface area (Å²) in [5.74, 6) is 0.588. The maximum atomic E-state index is 12.8. The first-order chi connectivity index (χ1) is 12.4. The molecule has 1 aliphatic rings. The summed E-state index contributed by atoms with van der Waals surface area (Å²) in [4.78, 5) is 27.1. The molecule has 2 heterocycles. The molecule has 140 valence electrons. The first kappa shape index (κ1) is 18.4. The maximum Gasteiger partial charge on any atom is 0.274 e. The van der Waals surface area contributed by atoms with Gasteiger partial charge in [-0.15, -0.1) is 0 Å². The van der Waals surface area contributed by atoms with E-state index in [4.69, 9.17) is 0 Å². The van der Waals surface area contributed by atoms with Gasteiger partial charge in [0.1, 0.15) is 5.69 Å². The van der Waals surface area contributed by atoms with E-state index in [-0.39, 0.29) is 17.5 Å². The second kappa shape index (κ2) is 7.48. The Balaban J connectivity index is 1.76. The monoisotopic (exact) mass is 356 g/mol. The minimum absolute atomic E-state index is 0.0429. The number of rotatable bonds is 7. The summed E-state index contributed by atoms with van der Waals surface area (Å²) in [6, 6.07) is 5.65. The molecule has 1 amide bonds. The Hall–Kier alpha value is -2.37. The summed E-state index contributed by atoms with van der Waals surface area (Å²) in [5, 5.41) is 7.07. The summed E-state index contributed by atoms with van der Waals surface area (Å²) in [7, 11) is 1.77. The van der Waals surface area contributed by atoms with Crippen LogP contribution in [0.1, 0.15) is 79.7 Å². The normalized spacial score (nSPS) is 15.3. The van der Waals surface area contributed by atoms with Crippen LogP contribution in [0.2, 0.25) is 0 Å². The van der Waals surface area contributed by atoms with Gasteiger partial charge in [0.25, 0.3) is 11.5 Å². The minimum atomic E-state index is -0.127. The van der Waals surface area contributed by atoms with Gasteiger partial charge in [0.15, 0.2) is 0 Å². The summed E-state index contributed by atoms with van der Waals surface area (Å²) in [6.07, 6.45) is 4.83. The predicted molar refractivity (Wildman–Crippen MR) is 102 cm³/mol. The number of nitrogens with one attached hydrogen (secondary N) is 1. The number of carbonyl (C=O) groups excluding carboxylic acids is 1. The molecule has 1 atom stereocenters. The van der Waals surface area contributed by atoms with E-state index in [1.807, 2.05) is 31.3 Å². The van der Waals surface area contributed by atoms with Gasteiger partial charge in [-0.1, -0.05) is 26.8 Å². The molecule has 0 aliphatic heterocycles. The van der Waals surface area contributed by atoms with Crippen molar-refractivity contribution in [3.8, 4) is 0 Å². The number of hydrogen-bond donors (Lipinski definition) is 1. The van der Waals surface area contributed by atoms with E-state index in [0.29, 0.717) is 24.1 Å². The van der Waals surface area contributed by atoms with E-state index in [2.05, 4.69) is 24.0 Å². The average molecular weight is 356 g/mol. The van der Waals surface area contributed by atoms with Crippen LogP contribution in [0.15, 0.2) is 29.2 Å². The molecule has 1 saturated carbocycles. The standard InChI is InChI=1S/C20H28N4O2/c1-5-15(24-10-6-7-16(19(24)25)14-8-9-14)12-23(4)20(26)18-11-17(13(2)3)21-22-18/h6-7,10-11,13-15H,5,8-9,12H2,1-4H3,(H,21,22). The highest BCUT2D eigenvalue weighted by molar-refractivity contribution is 5.92. The average Bonchev–Trinajstić information content (AvgIpc) is 3.34. The van der Waals surface area contributed by atoms with Gasteiger partial charge in [-0.2, -0.15) is 5.10 Å². The van der Waals surface area contributed by atoms with Crippen molar-refractivity contribution in [2.45, 2.75) is 57.9 Å². The lowest BCUT2D eigenvalue weighted by Crippen LogP contribution is -2.37. The number of hydrogen-bond acceptors (Lipinski definition) is 3. The van der Waals surface area contributed by atoms with Crippen LogP contribution in [-0.2, 0) is 0 Å². The van der Waals surface area contributed by atoms with E-state index in [1.54, 1.807) is 16.5 Å². The molecule has 2 aromatic heterocycles. The van der Waals surface area contributed by atoms with Crippen molar-refractivity contribution in [1.82, 2.24) is 19.7 Å². The van der Waals surface area contributed by atoms with Crippen molar-refractivity contribution in [1.29, 1.82) is 0 Å². The van der Waals surface area contributed by atoms with Crippen molar-refractivity contribution >= 4 is 5.91 Å². The molecule has 0 aromatic carbocycles. The SMILES string of the molecule is CCC(CN(C)C(=O)c1cc(C(C)C)[nH]n1)n1cccc(C2CC2)c1=O. The fourth-order valence-electron chi connectivity index (χ4n) is 3.27. The topological polar surface area (TPSA) is 71.0 Å². The zero-order valence-electron chi connectivity index (χ0n) is 16.0. The lowest BCUT2D eigenvalue weighted by atomic mass is 10.1. The molecule has 6 nitrogen and oxygen atoms in total.